The SMILES string of the molecule is OC(CNC(Cc1ccccc1)(c1cc(F)cc(C(F)(F)F)c1)c1ccc(Cl)cn1)Cc1ccccc1. The average Bonchev–Trinajstić information content (AvgIpc) is 2.87. The molecule has 0 aliphatic carbocycles. The van der Waals surface area contributed by atoms with E-state index in [1.807, 2.05) is 60.7 Å². The van der Waals surface area contributed by atoms with Gasteiger partial charge in [-0.25, -0.2) is 4.39 Å². The van der Waals surface area contributed by atoms with Crippen molar-refractivity contribution in [2.24, 2.45) is 0 Å². The molecule has 3 aromatic carbocycles. The predicted molar refractivity (Wildman–Crippen MR) is 136 cm³/mol. The van der Waals surface area contributed by atoms with Gasteiger partial charge >= 0.3 is 6.18 Å². The van der Waals surface area contributed by atoms with E-state index in [0.717, 1.165) is 23.3 Å². The molecule has 0 aliphatic heterocycles. The van der Waals surface area contributed by atoms with Crippen molar-refractivity contribution in [1.29, 1.82) is 0 Å². The summed E-state index contributed by atoms with van der Waals surface area (Å²) in [6.07, 6.45) is -3.78. The van der Waals surface area contributed by atoms with Gasteiger partial charge in [-0.1, -0.05) is 72.3 Å². The third-order valence-electron chi connectivity index (χ3n) is 6.15. The average molecular weight is 529 g/mol. The fourth-order valence-corrected chi connectivity index (χ4v) is 4.49. The van der Waals surface area contributed by atoms with Gasteiger partial charge in [-0.2, -0.15) is 13.2 Å². The van der Waals surface area contributed by atoms with Gasteiger partial charge in [0.25, 0.3) is 0 Å². The van der Waals surface area contributed by atoms with Crippen LogP contribution in [-0.2, 0) is 24.6 Å². The van der Waals surface area contributed by atoms with Crippen LogP contribution in [0.3, 0.4) is 0 Å². The number of aliphatic hydroxyl groups excluding tert-OH is 1. The Labute approximate surface area is 217 Å². The molecule has 0 bridgehead atoms. The molecule has 0 amide bonds. The van der Waals surface area contributed by atoms with Crippen LogP contribution in [0.15, 0.2) is 97.2 Å². The quantitative estimate of drug-likeness (QED) is 0.241. The maximum absolute atomic E-state index is 14.7. The number of pyridine rings is 1. The number of nitrogens with one attached hydrogen (secondary N) is 1. The second-order valence-electron chi connectivity index (χ2n) is 8.88. The first-order chi connectivity index (χ1) is 17.7. The van der Waals surface area contributed by atoms with Crippen LogP contribution in [0.5, 0.6) is 0 Å². The second-order valence-corrected chi connectivity index (χ2v) is 9.32. The van der Waals surface area contributed by atoms with Crippen LogP contribution in [0.25, 0.3) is 0 Å². The molecule has 0 saturated heterocycles. The first-order valence-electron chi connectivity index (χ1n) is 11.7. The highest BCUT2D eigenvalue weighted by Crippen LogP contribution is 2.38. The molecule has 4 rings (SSSR count). The summed E-state index contributed by atoms with van der Waals surface area (Å²) in [4.78, 5) is 4.43. The lowest BCUT2D eigenvalue weighted by Crippen LogP contribution is -2.49. The Morgan fingerprint density at radius 2 is 1.46 bits per heavy atom. The Hall–Kier alpha value is -3.26. The largest absolute Gasteiger partial charge is 0.416 e. The van der Waals surface area contributed by atoms with Crippen LogP contribution in [0, 0.1) is 5.82 Å². The molecular formula is C29H25ClF4N2O. The van der Waals surface area contributed by atoms with E-state index in [1.54, 1.807) is 12.1 Å². The van der Waals surface area contributed by atoms with E-state index in [2.05, 4.69) is 10.3 Å². The number of aromatic nitrogens is 1. The van der Waals surface area contributed by atoms with Crippen molar-refractivity contribution in [2.75, 3.05) is 6.54 Å². The maximum Gasteiger partial charge on any atom is 0.416 e. The Kier molecular flexibility index (Phi) is 8.27. The van der Waals surface area contributed by atoms with Gasteiger partial charge in [0.1, 0.15) is 5.82 Å². The van der Waals surface area contributed by atoms with Crippen LogP contribution >= 0.6 is 11.6 Å². The molecule has 0 radical (unpaired) electrons. The van der Waals surface area contributed by atoms with Crippen molar-refractivity contribution in [2.45, 2.75) is 30.7 Å². The van der Waals surface area contributed by atoms with Gasteiger partial charge in [0, 0.05) is 19.2 Å². The predicted octanol–water partition coefficient (Wildman–Crippen LogP) is 6.57. The van der Waals surface area contributed by atoms with Gasteiger partial charge in [-0.05, 0) is 53.4 Å². The van der Waals surface area contributed by atoms with Crippen molar-refractivity contribution in [3.8, 4) is 0 Å². The summed E-state index contributed by atoms with van der Waals surface area (Å²) < 4.78 is 55.8. The molecule has 0 fully saturated rings. The molecule has 2 unspecified atom stereocenters. The van der Waals surface area contributed by atoms with Crippen LogP contribution in [0.2, 0.25) is 5.02 Å². The van der Waals surface area contributed by atoms with E-state index in [1.165, 1.54) is 6.20 Å². The van der Waals surface area contributed by atoms with E-state index in [0.29, 0.717) is 23.2 Å². The lowest BCUT2D eigenvalue weighted by Gasteiger charge is -2.37. The van der Waals surface area contributed by atoms with Gasteiger partial charge in [0.15, 0.2) is 0 Å². The summed E-state index contributed by atoms with van der Waals surface area (Å²) in [5, 5.41) is 14.5. The first kappa shape index (κ1) is 26.8. The summed E-state index contributed by atoms with van der Waals surface area (Å²) in [6, 6.07) is 24.1. The van der Waals surface area contributed by atoms with Crippen molar-refractivity contribution in [3.63, 3.8) is 0 Å². The molecule has 1 heterocycles. The topological polar surface area (TPSA) is 45.1 Å². The monoisotopic (exact) mass is 528 g/mol. The van der Waals surface area contributed by atoms with Gasteiger partial charge in [-0.3, -0.25) is 10.3 Å². The summed E-state index contributed by atoms with van der Waals surface area (Å²) in [7, 11) is 0. The zero-order valence-electron chi connectivity index (χ0n) is 19.7. The van der Waals surface area contributed by atoms with E-state index < -0.39 is 29.2 Å². The lowest BCUT2D eigenvalue weighted by atomic mass is 9.79. The highest BCUT2D eigenvalue weighted by atomic mass is 35.5. The first-order valence-corrected chi connectivity index (χ1v) is 12.0. The van der Waals surface area contributed by atoms with Crippen molar-refractivity contribution >= 4 is 11.6 Å². The maximum atomic E-state index is 14.7. The molecule has 3 nitrogen and oxygen atoms in total. The molecule has 1 aromatic heterocycles. The van der Waals surface area contributed by atoms with Crippen LogP contribution in [-0.4, -0.2) is 22.7 Å². The summed E-state index contributed by atoms with van der Waals surface area (Å²) in [6.45, 7) is 0.00387. The number of nitrogens with zero attached hydrogens (tertiary/aromatic N) is 1. The summed E-state index contributed by atoms with van der Waals surface area (Å²) in [5.41, 5.74) is -0.467. The van der Waals surface area contributed by atoms with Gasteiger partial charge < -0.3 is 5.11 Å². The number of hydrogen-bond acceptors (Lipinski definition) is 3. The number of alkyl halides is 3. The van der Waals surface area contributed by atoms with Crippen molar-refractivity contribution < 1.29 is 22.7 Å². The number of aliphatic hydroxyl groups is 1. The second kappa shape index (κ2) is 11.4. The Morgan fingerprint density at radius 3 is 2.05 bits per heavy atom. The Bertz CT molecular complexity index is 1300. The molecule has 4 aromatic rings. The molecule has 192 valence electrons. The smallest absolute Gasteiger partial charge is 0.391 e. The molecule has 8 heteroatoms. The third-order valence-corrected chi connectivity index (χ3v) is 6.37. The normalized spacial score (nSPS) is 14.2. The Balaban J connectivity index is 1.83. The van der Waals surface area contributed by atoms with E-state index >= 15 is 0 Å². The minimum Gasteiger partial charge on any atom is -0.391 e. The zero-order chi connectivity index (χ0) is 26.5. The van der Waals surface area contributed by atoms with E-state index in [4.69, 9.17) is 11.6 Å². The minimum absolute atomic E-state index is 0.00387. The third kappa shape index (κ3) is 6.74. The fraction of sp³-hybridized carbons (Fsp3) is 0.207. The zero-order valence-corrected chi connectivity index (χ0v) is 20.5. The molecule has 2 atom stereocenters. The standard InChI is InChI=1S/C29H25ClF4N2O/c30-24-11-12-27(35-18-24)28(17-21-9-5-2-6-10-21,22-14-23(29(32,33)34)16-25(31)15-22)36-19-26(37)13-20-7-3-1-4-8-20/h1-12,14-16,18,26,36-37H,13,17,19H2. The number of rotatable bonds is 9. The van der Waals surface area contributed by atoms with Crippen LogP contribution in [0.1, 0.15) is 27.9 Å². The number of benzene rings is 3. The molecule has 0 aliphatic rings. The fourth-order valence-electron chi connectivity index (χ4n) is 4.38. The minimum atomic E-state index is -4.75. The molecule has 0 spiro atoms. The Morgan fingerprint density at radius 1 is 0.838 bits per heavy atom. The van der Waals surface area contributed by atoms with E-state index in [9.17, 15) is 22.7 Å². The summed E-state index contributed by atoms with van der Waals surface area (Å²) in [5.74, 6) is -1.03. The van der Waals surface area contributed by atoms with Crippen molar-refractivity contribution in [3.05, 3.63) is 136 Å². The van der Waals surface area contributed by atoms with Gasteiger partial charge in [-0.15, -0.1) is 0 Å². The molecule has 0 saturated carbocycles. The molecule has 2 N–H and O–H groups in total. The van der Waals surface area contributed by atoms with Crippen molar-refractivity contribution in [1.82, 2.24) is 10.3 Å². The summed E-state index contributed by atoms with van der Waals surface area (Å²) >= 11 is 6.06. The molecular weight excluding hydrogens is 504 g/mol. The highest BCUT2D eigenvalue weighted by Gasteiger charge is 2.39. The van der Waals surface area contributed by atoms with Crippen LogP contribution < -0.4 is 5.32 Å². The van der Waals surface area contributed by atoms with Gasteiger partial charge in [0.2, 0.25) is 0 Å². The highest BCUT2D eigenvalue weighted by molar-refractivity contribution is 6.30. The lowest BCUT2D eigenvalue weighted by molar-refractivity contribution is -0.137. The van der Waals surface area contributed by atoms with E-state index in [-0.39, 0.29) is 18.5 Å². The number of hydrogen-bond donors (Lipinski definition) is 2. The molecule has 37 heavy (non-hydrogen) atoms. The number of halogens is 5. The van der Waals surface area contributed by atoms with Gasteiger partial charge in [0.05, 0.1) is 27.9 Å². The van der Waals surface area contributed by atoms with Crippen LogP contribution in [0.4, 0.5) is 17.6 Å².